The van der Waals surface area contributed by atoms with Crippen LogP contribution >= 0.6 is 0 Å². The van der Waals surface area contributed by atoms with E-state index >= 15 is 0 Å². The standard InChI is InChI=1S/C38H65NO28/c1-8-16(43)20(47)26(53)35(58-8)57-7-14-29(24(51)25(52)33(56)61-14)64-34-15(39-11(4)42)31(30(13(6-41)63-34)65-36-27(54)21(48)17(44)9(2)59-36)66-38-32(23(50)19(46)12(5-40)62-38)67-37-28(55)22(49)18(45)10(3)60-37/h8-10,12-38,40-41,43-56H,5-7H2,1-4H3,(H,39,42)/t8-,9-,10-,12+,13+,14+,15+,16+,17+,18+,19-,20+,21+,22+,23-,24+,25+,26-,27-,28-,29-,30+,31+,32+,33?,34-,35+,36-,37-,38-/m0/s1. The van der Waals surface area contributed by atoms with E-state index in [1.165, 1.54) is 20.8 Å². The van der Waals surface area contributed by atoms with Gasteiger partial charge < -0.3 is 139 Å². The molecule has 6 heterocycles. The fourth-order valence-corrected chi connectivity index (χ4v) is 8.63. The van der Waals surface area contributed by atoms with Gasteiger partial charge >= 0.3 is 0 Å². The van der Waals surface area contributed by atoms with E-state index in [0.29, 0.717) is 0 Å². The van der Waals surface area contributed by atoms with Gasteiger partial charge in [-0.25, -0.2) is 0 Å². The Morgan fingerprint density at radius 2 is 0.851 bits per heavy atom. The summed E-state index contributed by atoms with van der Waals surface area (Å²) in [7, 11) is 0. The normalized spacial score (nSPS) is 53.3. The molecule has 0 aliphatic carbocycles. The Morgan fingerprint density at radius 3 is 1.36 bits per heavy atom. The predicted molar refractivity (Wildman–Crippen MR) is 207 cm³/mol. The number of hydrogen-bond donors (Lipinski definition) is 17. The van der Waals surface area contributed by atoms with Crippen LogP contribution in [0.2, 0.25) is 0 Å². The van der Waals surface area contributed by atoms with Crippen LogP contribution in [-0.4, -0.2) is 292 Å². The number of carbonyl (C=O) groups is 1. The minimum absolute atomic E-state index is 0.754. The minimum atomic E-state index is -2.10. The lowest BCUT2D eigenvalue weighted by Gasteiger charge is -2.52. The van der Waals surface area contributed by atoms with Crippen LogP contribution in [0.25, 0.3) is 0 Å². The maximum Gasteiger partial charge on any atom is 0.217 e. The number of nitrogens with one attached hydrogen (secondary N) is 1. The molecule has 0 aromatic rings. The number of ether oxygens (including phenoxy) is 11. The number of hydrogen-bond acceptors (Lipinski definition) is 28. The summed E-state index contributed by atoms with van der Waals surface area (Å²) >= 11 is 0. The molecule has 390 valence electrons. The van der Waals surface area contributed by atoms with Gasteiger partial charge in [0.05, 0.1) is 38.1 Å². The third-order valence-electron chi connectivity index (χ3n) is 12.7. The van der Waals surface area contributed by atoms with Crippen LogP contribution in [0.5, 0.6) is 0 Å². The molecular weight excluding hydrogens is 918 g/mol. The van der Waals surface area contributed by atoms with Crippen molar-refractivity contribution in [1.82, 2.24) is 5.32 Å². The van der Waals surface area contributed by atoms with Gasteiger partial charge in [0.1, 0.15) is 128 Å². The van der Waals surface area contributed by atoms with E-state index in [1.807, 2.05) is 0 Å². The number of rotatable bonds is 14. The molecule has 1 unspecified atom stereocenters. The maximum atomic E-state index is 13.1. The SMILES string of the molecule is CC(=O)N[C@H]1[C@H](O[C@@H]2[C@H](O)[C@@H](O)C(O)O[C@@H]2CO[C@@H]2O[C@@H](C)[C@@H](O)[C@@H](O)[C@@H]2O)O[C@H](CO)[C@@H](O[C@@H]2O[C@@H](C)[C@@H](O)[C@@H](O)[C@@H]2O)[C@@H]1O[C@@H]1O[C@H](CO)[C@H](O)[C@H](O)[C@H]1O[C@@H]1O[C@@H](C)[C@@H](O)[C@@H](O)[C@@H]1O. The summed E-state index contributed by atoms with van der Waals surface area (Å²) in [6.45, 7) is 2.25. The molecule has 29 heteroatoms. The zero-order chi connectivity index (χ0) is 49.5. The van der Waals surface area contributed by atoms with Gasteiger partial charge in [-0.1, -0.05) is 0 Å². The molecule has 0 radical (unpaired) electrons. The van der Waals surface area contributed by atoms with Crippen molar-refractivity contribution in [3.63, 3.8) is 0 Å². The summed E-state index contributed by atoms with van der Waals surface area (Å²) in [6, 6.07) is -1.81. The molecule has 6 saturated heterocycles. The van der Waals surface area contributed by atoms with Gasteiger partial charge in [0.2, 0.25) is 5.91 Å². The number of aliphatic hydroxyl groups is 16. The molecular formula is C38H65NO28. The van der Waals surface area contributed by atoms with Crippen LogP contribution in [-0.2, 0) is 56.9 Å². The van der Waals surface area contributed by atoms with E-state index in [2.05, 4.69) is 5.32 Å². The lowest BCUT2D eigenvalue weighted by atomic mass is 9.93. The lowest BCUT2D eigenvalue weighted by molar-refractivity contribution is -0.398. The van der Waals surface area contributed by atoms with Crippen LogP contribution in [0, 0.1) is 0 Å². The summed E-state index contributed by atoms with van der Waals surface area (Å²) in [5.74, 6) is -0.867. The topological polar surface area (TPSA) is 454 Å². The molecule has 6 aliphatic heterocycles. The van der Waals surface area contributed by atoms with Crippen molar-refractivity contribution in [2.75, 3.05) is 19.8 Å². The average Bonchev–Trinajstić information content (AvgIpc) is 3.29. The Kier molecular flexibility index (Phi) is 18.7. The first-order valence-electron chi connectivity index (χ1n) is 21.7. The smallest absolute Gasteiger partial charge is 0.217 e. The molecule has 0 saturated carbocycles. The van der Waals surface area contributed by atoms with Crippen molar-refractivity contribution >= 4 is 5.91 Å². The van der Waals surface area contributed by atoms with Gasteiger partial charge in [-0.05, 0) is 20.8 Å². The first-order valence-corrected chi connectivity index (χ1v) is 21.7. The van der Waals surface area contributed by atoms with E-state index in [9.17, 15) is 86.5 Å². The summed E-state index contributed by atoms with van der Waals surface area (Å²) < 4.78 is 64.3. The first kappa shape index (κ1) is 54.7. The Balaban J connectivity index is 1.38. The van der Waals surface area contributed by atoms with E-state index in [0.717, 1.165) is 6.92 Å². The van der Waals surface area contributed by atoms with Crippen molar-refractivity contribution in [3.8, 4) is 0 Å². The van der Waals surface area contributed by atoms with Crippen LogP contribution < -0.4 is 5.32 Å². The van der Waals surface area contributed by atoms with E-state index in [4.69, 9.17) is 52.1 Å². The van der Waals surface area contributed by atoms with Gasteiger partial charge in [-0.2, -0.15) is 0 Å². The van der Waals surface area contributed by atoms with E-state index in [-0.39, 0.29) is 0 Å². The van der Waals surface area contributed by atoms with Crippen molar-refractivity contribution in [3.05, 3.63) is 0 Å². The van der Waals surface area contributed by atoms with Gasteiger partial charge in [0.15, 0.2) is 37.7 Å². The quantitative estimate of drug-likeness (QED) is 0.0768. The number of amides is 1. The molecule has 0 aromatic heterocycles. The minimum Gasteiger partial charge on any atom is -0.394 e. The highest BCUT2D eigenvalue weighted by Gasteiger charge is 2.58. The van der Waals surface area contributed by atoms with Crippen LogP contribution in [0.3, 0.4) is 0 Å². The largest absolute Gasteiger partial charge is 0.394 e. The highest BCUT2D eigenvalue weighted by Crippen LogP contribution is 2.37. The summed E-state index contributed by atoms with van der Waals surface area (Å²) in [5.41, 5.74) is 0. The second kappa shape index (κ2) is 22.9. The molecule has 1 amide bonds. The van der Waals surface area contributed by atoms with Gasteiger partial charge in [0.25, 0.3) is 0 Å². The predicted octanol–water partition coefficient (Wildman–Crippen LogP) is -10.9. The van der Waals surface area contributed by atoms with Gasteiger partial charge in [0, 0.05) is 6.92 Å². The third kappa shape index (κ3) is 11.5. The third-order valence-corrected chi connectivity index (χ3v) is 12.7. The van der Waals surface area contributed by atoms with Gasteiger partial charge in [-0.15, -0.1) is 0 Å². The summed E-state index contributed by atoms with van der Waals surface area (Å²) in [5, 5.41) is 173. The number of aliphatic hydroxyl groups excluding tert-OH is 16. The lowest BCUT2D eigenvalue weighted by Crippen LogP contribution is -2.71. The molecule has 6 fully saturated rings. The second-order valence-corrected chi connectivity index (χ2v) is 17.5. The molecule has 0 aromatic carbocycles. The molecule has 0 bridgehead atoms. The number of carbonyl (C=O) groups excluding carboxylic acids is 1. The average molecular weight is 984 g/mol. The second-order valence-electron chi connectivity index (χ2n) is 17.5. The highest BCUT2D eigenvalue weighted by molar-refractivity contribution is 5.73. The Bertz CT molecular complexity index is 1580. The Labute approximate surface area is 381 Å². The molecule has 17 N–H and O–H groups in total. The van der Waals surface area contributed by atoms with Crippen molar-refractivity contribution in [2.45, 2.75) is 212 Å². The Hall–Kier alpha value is -1.61. The molecule has 6 aliphatic rings. The molecule has 29 nitrogen and oxygen atoms in total. The van der Waals surface area contributed by atoms with E-state index < -0.39 is 210 Å². The molecule has 67 heavy (non-hydrogen) atoms. The van der Waals surface area contributed by atoms with Gasteiger partial charge in [-0.3, -0.25) is 4.79 Å². The van der Waals surface area contributed by atoms with Crippen LogP contribution in [0.4, 0.5) is 0 Å². The fraction of sp³-hybridized carbons (Fsp3) is 0.974. The van der Waals surface area contributed by atoms with Crippen molar-refractivity contribution < 1.29 is 139 Å². The van der Waals surface area contributed by atoms with Crippen LogP contribution in [0.1, 0.15) is 27.7 Å². The monoisotopic (exact) mass is 983 g/mol. The zero-order valence-electron chi connectivity index (χ0n) is 36.5. The fourth-order valence-electron chi connectivity index (χ4n) is 8.63. The summed E-state index contributed by atoms with van der Waals surface area (Å²) in [4.78, 5) is 13.1. The van der Waals surface area contributed by atoms with Crippen molar-refractivity contribution in [2.24, 2.45) is 0 Å². The maximum absolute atomic E-state index is 13.1. The molecule has 30 atom stereocenters. The Morgan fingerprint density at radius 1 is 0.418 bits per heavy atom. The van der Waals surface area contributed by atoms with E-state index in [1.54, 1.807) is 0 Å². The zero-order valence-corrected chi connectivity index (χ0v) is 36.5. The molecule has 0 spiro atoms. The molecule has 6 rings (SSSR count). The summed E-state index contributed by atoms with van der Waals surface area (Å²) in [6.07, 6.45) is -51.9. The highest BCUT2D eigenvalue weighted by atomic mass is 16.8. The van der Waals surface area contributed by atoms with Crippen molar-refractivity contribution in [1.29, 1.82) is 0 Å². The first-order chi connectivity index (χ1) is 31.5. The van der Waals surface area contributed by atoms with Crippen LogP contribution in [0.15, 0.2) is 0 Å².